The molecule has 4 heteroatoms. The van der Waals surface area contributed by atoms with Crippen LogP contribution in [0.15, 0.2) is 18.6 Å². The maximum absolute atomic E-state index is 7.94. The van der Waals surface area contributed by atoms with Gasteiger partial charge in [0.25, 0.3) is 0 Å². The molecule has 0 aromatic rings. The van der Waals surface area contributed by atoms with Crippen LogP contribution in [0.1, 0.15) is 0 Å². The summed E-state index contributed by atoms with van der Waals surface area (Å²) in [6.45, 7) is 3.02. The minimum atomic E-state index is -3.11. The van der Waals surface area contributed by atoms with Gasteiger partial charge in [-0.25, -0.2) is 0 Å². The van der Waals surface area contributed by atoms with Crippen molar-refractivity contribution >= 4 is 0 Å². The third-order valence-corrected chi connectivity index (χ3v) is 0.300. The van der Waals surface area contributed by atoms with E-state index in [0.717, 1.165) is 6.26 Å². The lowest BCUT2D eigenvalue weighted by Crippen LogP contribution is -2.28. The SMILES string of the molecule is C=C=COC(O)(O)O. The minimum absolute atomic E-state index is 0.722. The molecule has 0 aliphatic rings. The van der Waals surface area contributed by atoms with Crippen LogP contribution in [0.2, 0.25) is 0 Å². The molecule has 0 bridgehead atoms. The molecule has 0 saturated carbocycles. The highest BCUT2D eigenvalue weighted by molar-refractivity contribution is 4.64. The largest absolute Gasteiger partial charge is 0.453 e. The summed E-state index contributed by atoms with van der Waals surface area (Å²) >= 11 is 0. The smallest absolute Gasteiger partial charge is 0.416 e. The molecule has 4 nitrogen and oxygen atoms in total. The van der Waals surface area contributed by atoms with Gasteiger partial charge in [-0.1, -0.05) is 12.3 Å². The molecule has 0 aromatic heterocycles. The lowest BCUT2D eigenvalue weighted by atomic mass is 10.9. The van der Waals surface area contributed by atoms with E-state index in [4.69, 9.17) is 15.3 Å². The Bertz CT molecular complexity index is 106. The van der Waals surface area contributed by atoms with Crippen LogP contribution in [-0.2, 0) is 4.74 Å². The first-order valence-corrected chi connectivity index (χ1v) is 1.75. The van der Waals surface area contributed by atoms with Gasteiger partial charge in [-0.3, -0.25) is 0 Å². The first-order valence-electron chi connectivity index (χ1n) is 1.75. The fourth-order valence-corrected chi connectivity index (χ4v) is 0.121. The second-order valence-corrected chi connectivity index (χ2v) is 1.01. The van der Waals surface area contributed by atoms with E-state index in [-0.39, 0.29) is 0 Å². The summed E-state index contributed by atoms with van der Waals surface area (Å²) in [4.78, 5) is 0. The molecular formula is C4H6O4. The van der Waals surface area contributed by atoms with E-state index < -0.39 is 6.16 Å². The van der Waals surface area contributed by atoms with Gasteiger partial charge in [0.1, 0.15) is 6.26 Å². The molecule has 0 saturated heterocycles. The molecule has 8 heavy (non-hydrogen) atoms. The molecule has 0 unspecified atom stereocenters. The number of ether oxygens (including phenoxy) is 1. The fraction of sp³-hybridized carbons (Fsp3) is 0.250. The summed E-state index contributed by atoms with van der Waals surface area (Å²) in [5.41, 5.74) is 2.05. The summed E-state index contributed by atoms with van der Waals surface area (Å²) in [6, 6.07) is 0. The summed E-state index contributed by atoms with van der Waals surface area (Å²) in [6.07, 6.45) is -2.38. The van der Waals surface area contributed by atoms with Crippen LogP contribution in [-0.4, -0.2) is 21.5 Å². The third kappa shape index (κ3) is 5.20. The van der Waals surface area contributed by atoms with Gasteiger partial charge in [-0.15, -0.1) is 0 Å². The summed E-state index contributed by atoms with van der Waals surface area (Å²) < 4.78 is 3.75. The Labute approximate surface area is 46.0 Å². The van der Waals surface area contributed by atoms with Crippen molar-refractivity contribution in [2.45, 2.75) is 6.16 Å². The van der Waals surface area contributed by atoms with Crippen molar-refractivity contribution in [2.24, 2.45) is 0 Å². The number of hydrogen-bond acceptors (Lipinski definition) is 4. The molecule has 0 atom stereocenters. The molecule has 0 aliphatic heterocycles. The van der Waals surface area contributed by atoms with Crippen LogP contribution in [0.25, 0.3) is 0 Å². The molecule has 3 N–H and O–H groups in total. The molecule has 0 amide bonds. The van der Waals surface area contributed by atoms with E-state index in [1.807, 2.05) is 5.73 Å². The van der Waals surface area contributed by atoms with Crippen molar-refractivity contribution in [1.82, 2.24) is 0 Å². The lowest BCUT2D eigenvalue weighted by Gasteiger charge is -2.09. The highest BCUT2D eigenvalue weighted by Crippen LogP contribution is 1.93. The third-order valence-electron chi connectivity index (χ3n) is 0.300. The highest BCUT2D eigenvalue weighted by atomic mass is 16.9. The molecule has 0 heterocycles. The Morgan fingerprint density at radius 3 is 2.12 bits per heavy atom. The number of rotatable bonds is 2. The van der Waals surface area contributed by atoms with Gasteiger partial charge >= 0.3 is 6.16 Å². The fourth-order valence-electron chi connectivity index (χ4n) is 0.121. The quantitative estimate of drug-likeness (QED) is 0.244. The maximum Gasteiger partial charge on any atom is 0.453 e. The Morgan fingerprint density at radius 1 is 1.50 bits per heavy atom. The average Bonchev–Trinajstić information content (AvgIpc) is 1.59. The Balaban J connectivity index is 3.55. The second kappa shape index (κ2) is 2.49. The van der Waals surface area contributed by atoms with Gasteiger partial charge in [0.05, 0.1) is 0 Å². The zero-order valence-electron chi connectivity index (χ0n) is 4.03. The van der Waals surface area contributed by atoms with E-state index in [9.17, 15) is 0 Å². The van der Waals surface area contributed by atoms with Gasteiger partial charge in [-0.05, 0) is 0 Å². The summed E-state index contributed by atoms with van der Waals surface area (Å²) in [5, 5.41) is 23.8. The minimum Gasteiger partial charge on any atom is -0.416 e. The van der Waals surface area contributed by atoms with E-state index >= 15 is 0 Å². The van der Waals surface area contributed by atoms with Gasteiger partial charge in [0.2, 0.25) is 0 Å². The van der Waals surface area contributed by atoms with Gasteiger partial charge in [-0.2, -0.15) is 0 Å². The normalized spacial score (nSPS) is 9.88. The standard InChI is InChI=1S/C4H6O4/c1-2-3-8-4(5,6)7/h3,5-7H,1H2. The second-order valence-electron chi connectivity index (χ2n) is 1.01. The van der Waals surface area contributed by atoms with E-state index in [1.165, 1.54) is 0 Å². The Kier molecular flexibility index (Phi) is 2.24. The van der Waals surface area contributed by atoms with Crippen LogP contribution >= 0.6 is 0 Å². The predicted molar refractivity (Wildman–Crippen MR) is 24.2 cm³/mol. The zero-order valence-corrected chi connectivity index (χ0v) is 4.03. The first kappa shape index (κ1) is 7.20. The summed E-state index contributed by atoms with van der Waals surface area (Å²) in [5.74, 6) is 0. The van der Waals surface area contributed by atoms with E-state index in [1.54, 1.807) is 0 Å². The lowest BCUT2D eigenvalue weighted by molar-refractivity contribution is -0.436. The average molecular weight is 118 g/mol. The molecule has 0 spiro atoms. The van der Waals surface area contributed by atoms with Crippen molar-refractivity contribution in [3.63, 3.8) is 0 Å². The molecule has 0 radical (unpaired) electrons. The highest BCUT2D eigenvalue weighted by Gasteiger charge is 2.16. The van der Waals surface area contributed by atoms with Crippen LogP contribution in [0.4, 0.5) is 0 Å². The monoisotopic (exact) mass is 118 g/mol. The topological polar surface area (TPSA) is 69.9 Å². The van der Waals surface area contributed by atoms with Gasteiger partial charge in [0, 0.05) is 0 Å². The van der Waals surface area contributed by atoms with Crippen LogP contribution < -0.4 is 0 Å². The van der Waals surface area contributed by atoms with Crippen molar-refractivity contribution in [3.8, 4) is 0 Å². The first-order chi connectivity index (χ1) is 3.56. The number of hydrogen-bond donors (Lipinski definition) is 3. The predicted octanol–water partition coefficient (Wildman–Crippen LogP) is -1.11. The maximum atomic E-state index is 7.94. The van der Waals surface area contributed by atoms with Crippen LogP contribution in [0.3, 0.4) is 0 Å². The van der Waals surface area contributed by atoms with E-state index in [2.05, 4.69) is 11.3 Å². The van der Waals surface area contributed by atoms with Gasteiger partial charge in [0.15, 0.2) is 0 Å². The summed E-state index contributed by atoms with van der Waals surface area (Å²) in [7, 11) is 0. The Morgan fingerprint density at radius 2 is 2.00 bits per heavy atom. The molecule has 0 aliphatic carbocycles. The van der Waals surface area contributed by atoms with E-state index in [0.29, 0.717) is 0 Å². The molecule has 46 valence electrons. The molecular weight excluding hydrogens is 112 g/mol. The zero-order chi connectivity index (χ0) is 6.62. The molecule has 0 rings (SSSR count). The van der Waals surface area contributed by atoms with Crippen LogP contribution in [0, 0.1) is 0 Å². The molecule has 0 aromatic carbocycles. The van der Waals surface area contributed by atoms with Crippen LogP contribution in [0.5, 0.6) is 0 Å². The van der Waals surface area contributed by atoms with Gasteiger partial charge < -0.3 is 20.1 Å². The van der Waals surface area contributed by atoms with Crippen molar-refractivity contribution in [2.75, 3.05) is 0 Å². The van der Waals surface area contributed by atoms with Crippen molar-refractivity contribution < 1.29 is 20.1 Å². The number of aliphatic hydroxyl groups is 3. The Hall–Kier alpha value is -0.800. The molecule has 0 fully saturated rings. The van der Waals surface area contributed by atoms with Crippen molar-refractivity contribution in [1.29, 1.82) is 0 Å². The van der Waals surface area contributed by atoms with Crippen molar-refractivity contribution in [3.05, 3.63) is 18.6 Å².